The molecule has 0 unspecified atom stereocenters. The van der Waals surface area contributed by atoms with Gasteiger partial charge in [-0.1, -0.05) is 17.9 Å². The first kappa shape index (κ1) is 20.1. The zero-order valence-electron chi connectivity index (χ0n) is 15.0. The molecule has 6 heteroatoms. The largest absolute Gasteiger partial charge is 0.348 e. The Morgan fingerprint density at radius 3 is 2.21 bits per heavy atom. The standard InChI is InChI=1S/C22H18F4O2/c1-2-3-4-15-12-27-22(28-13-15)16-10-19(24)17(20(25)11-16)7-5-14-6-8-18(23)21(26)9-14/h2,6,8-11,15,22H,1,3-4,12-13H2. The summed E-state index contributed by atoms with van der Waals surface area (Å²) >= 11 is 0. The van der Waals surface area contributed by atoms with Crippen LogP contribution in [0.1, 0.15) is 35.8 Å². The van der Waals surface area contributed by atoms with E-state index in [0.29, 0.717) is 13.2 Å². The predicted octanol–water partition coefficient (Wildman–Crippen LogP) is 5.27. The minimum atomic E-state index is -1.08. The highest BCUT2D eigenvalue weighted by Gasteiger charge is 2.25. The van der Waals surface area contributed by atoms with E-state index in [1.807, 2.05) is 6.08 Å². The number of allylic oxidation sites excluding steroid dienone is 1. The SMILES string of the molecule is C=CCCC1COC(c2cc(F)c(C#Cc3ccc(F)c(F)c3)c(F)c2)OC1. The molecular formula is C22H18F4O2. The first-order chi connectivity index (χ1) is 13.5. The van der Waals surface area contributed by atoms with E-state index in [-0.39, 0.29) is 17.0 Å². The average Bonchev–Trinajstić information content (AvgIpc) is 2.68. The summed E-state index contributed by atoms with van der Waals surface area (Å²) in [6, 6.07) is 5.19. The summed E-state index contributed by atoms with van der Waals surface area (Å²) in [5.74, 6) is 1.09. The Labute approximate surface area is 160 Å². The number of rotatable bonds is 4. The molecule has 146 valence electrons. The summed E-state index contributed by atoms with van der Waals surface area (Å²) in [6.45, 7) is 4.53. The Hall–Kier alpha value is -2.62. The van der Waals surface area contributed by atoms with Crippen molar-refractivity contribution in [1.82, 2.24) is 0 Å². The van der Waals surface area contributed by atoms with Crippen LogP contribution in [0.2, 0.25) is 0 Å². The highest BCUT2D eigenvalue weighted by molar-refractivity contribution is 5.45. The van der Waals surface area contributed by atoms with Crippen molar-refractivity contribution in [3.63, 3.8) is 0 Å². The lowest BCUT2D eigenvalue weighted by molar-refractivity contribution is -0.206. The van der Waals surface area contributed by atoms with Gasteiger partial charge >= 0.3 is 0 Å². The molecule has 1 aliphatic rings. The zero-order chi connectivity index (χ0) is 20.1. The van der Waals surface area contributed by atoms with E-state index in [2.05, 4.69) is 18.4 Å². The lowest BCUT2D eigenvalue weighted by Gasteiger charge is -2.29. The Morgan fingerprint density at radius 2 is 1.61 bits per heavy atom. The number of halogens is 4. The third-order valence-corrected chi connectivity index (χ3v) is 4.33. The minimum absolute atomic E-state index is 0.103. The second-order valence-corrected chi connectivity index (χ2v) is 6.47. The van der Waals surface area contributed by atoms with Gasteiger partial charge in [0.2, 0.25) is 0 Å². The summed E-state index contributed by atoms with van der Waals surface area (Å²) in [7, 11) is 0. The van der Waals surface area contributed by atoms with Crippen LogP contribution in [-0.4, -0.2) is 13.2 Å². The van der Waals surface area contributed by atoms with Gasteiger partial charge in [-0.15, -0.1) is 6.58 Å². The van der Waals surface area contributed by atoms with E-state index >= 15 is 0 Å². The van der Waals surface area contributed by atoms with Gasteiger partial charge in [-0.25, -0.2) is 17.6 Å². The third kappa shape index (κ3) is 4.80. The van der Waals surface area contributed by atoms with Gasteiger partial charge in [0.25, 0.3) is 0 Å². The van der Waals surface area contributed by atoms with Gasteiger partial charge in [-0.2, -0.15) is 0 Å². The molecule has 1 heterocycles. The predicted molar refractivity (Wildman–Crippen MR) is 96.3 cm³/mol. The van der Waals surface area contributed by atoms with Gasteiger partial charge in [0.05, 0.1) is 18.8 Å². The first-order valence-corrected chi connectivity index (χ1v) is 8.78. The fraction of sp³-hybridized carbons (Fsp3) is 0.273. The Morgan fingerprint density at radius 1 is 0.929 bits per heavy atom. The molecule has 0 N–H and O–H groups in total. The molecule has 3 rings (SSSR count). The lowest BCUT2D eigenvalue weighted by Crippen LogP contribution is -2.27. The zero-order valence-corrected chi connectivity index (χ0v) is 15.0. The van der Waals surface area contributed by atoms with E-state index in [1.165, 1.54) is 6.07 Å². The van der Waals surface area contributed by atoms with Gasteiger partial charge in [0.15, 0.2) is 17.9 Å². The maximum absolute atomic E-state index is 14.4. The number of ether oxygens (including phenoxy) is 2. The molecule has 1 fully saturated rings. The molecule has 2 aromatic rings. The van der Waals surface area contributed by atoms with Crippen LogP contribution in [0.5, 0.6) is 0 Å². The van der Waals surface area contributed by atoms with Crippen molar-refractivity contribution in [2.75, 3.05) is 13.2 Å². The summed E-state index contributed by atoms with van der Waals surface area (Å²) in [5.41, 5.74) is -0.144. The van der Waals surface area contributed by atoms with Crippen molar-refractivity contribution in [3.8, 4) is 11.8 Å². The Bertz CT molecular complexity index is 899. The molecule has 0 aliphatic carbocycles. The van der Waals surface area contributed by atoms with Crippen LogP contribution >= 0.6 is 0 Å². The molecule has 0 atom stereocenters. The molecule has 1 saturated heterocycles. The van der Waals surface area contributed by atoms with Crippen LogP contribution in [0.15, 0.2) is 43.0 Å². The van der Waals surface area contributed by atoms with Crippen LogP contribution in [0.3, 0.4) is 0 Å². The van der Waals surface area contributed by atoms with Gasteiger partial charge in [-0.3, -0.25) is 0 Å². The fourth-order valence-corrected chi connectivity index (χ4v) is 2.81. The Balaban J connectivity index is 1.74. The molecule has 2 nitrogen and oxygen atoms in total. The molecule has 1 aliphatic heterocycles. The Kier molecular flexibility index (Phi) is 6.50. The van der Waals surface area contributed by atoms with Crippen molar-refractivity contribution >= 4 is 0 Å². The molecule has 0 aromatic heterocycles. The lowest BCUT2D eigenvalue weighted by atomic mass is 10.0. The van der Waals surface area contributed by atoms with Crippen molar-refractivity contribution in [2.45, 2.75) is 19.1 Å². The smallest absolute Gasteiger partial charge is 0.184 e. The molecular weight excluding hydrogens is 372 g/mol. The molecule has 0 radical (unpaired) electrons. The van der Waals surface area contributed by atoms with E-state index in [4.69, 9.17) is 9.47 Å². The van der Waals surface area contributed by atoms with E-state index in [1.54, 1.807) is 0 Å². The second kappa shape index (κ2) is 9.05. The monoisotopic (exact) mass is 390 g/mol. The molecule has 0 amide bonds. The van der Waals surface area contributed by atoms with Crippen molar-refractivity contribution in [3.05, 3.63) is 82.9 Å². The highest BCUT2D eigenvalue weighted by atomic mass is 19.2. The summed E-state index contributed by atoms with van der Waals surface area (Å²) < 4.78 is 66.0. The van der Waals surface area contributed by atoms with Gasteiger partial charge in [0.1, 0.15) is 11.6 Å². The summed E-state index contributed by atoms with van der Waals surface area (Å²) in [6.07, 6.45) is 2.68. The molecule has 0 bridgehead atoms. The maximum Gasteiger partial charge on any atom is 0.184 e. The van der Waals surface area contributed by atoms with E-state index in [0.717, 1.165) is 37.1 Å². The van der Waals surface area contributed by atoms with Gasteiger partial charge in [-0.05, 0) is 43.2 Å². The van der Waals surface area contributed by atoms with Crippen LogP contribution in [0.25, 0.3) is 0 Å². The molecule has 0 spiro atoms. The number of hydrogen-bond acceptors (Lipinski definition) is 2. The van der Waals surface area contributed by atoms with Crippen LogP contribution in [0.4, 0.5) is 17.6 Å². The van der Waals surface area contributed by atoms with Crippen LogP contribution in [0, 0.1) is 41.0 Å². The highest BCUT2D eigenvalue weighted by Crippen LogP contribution is 2.29. The summed E-state index contributed by atoms with van der Waals surface area (Å²) in [4.78, 5) is 0. The van der Waals surface area contributed by atoms with Gasteiger partial charge in [0, 0.05) is 17.0 Å². The molecule has 28 heavy (non-hydrogen) atoms. The fourth-order valence-electron chi connectivity index (χ4n) is 2.81. The second-order valence-electron chi connectivity index (χ2n) is 6.47. The topological polar surface area (TPSA) is 18.5 Å². The number of hydrogen-bond donors (Lipinski definition) is 0. The normalized spacial score (nSPS) is 19.0. The summed E-state index contributed by atoms with van der Waals surface area (Å²) in [5, 5.41) is 0. The quantitative estimate of drug-likeness (QED) is 0.402. The number of benzene rings is 2. The first-order valence-electron chi connectivity index (χ1n) is 8.78. The molecule has 0 saturated carbocycles. The van der Waals surface area contributed by atoms with Crippen molar-refractivity contribution in [2.24, 2.45) is 5.92 Å². The van der Waals surface area contributed by atoms with E-state index < -0.39 is 35.1 Å². The minimum Gasteiger partial charge on any atom is -0.348 e. The van der Waals surface area contributed by atoms with Crippen LogP contribution in [-0.2, 0) is 9.47 Å². The van der Waals surface area contributed by atoms with Crippen molar-refractivity contribution < 1.29 is 27.0 Å². The maximum atomic E-state index is 14.4. The van der Waals surface area contributed by atoms with E-state index in [9.17, 15) is 17.6 Å². The average molecular weight is 390 g/mol. The van der Waals surface area contributed by atoms with Crippen LogP contribution < -0.4 is 0 Å². The van der Waals surface area contributed by atoms with Crippen molar-refractivity contribution in [1.29, 1.82) is 0 Å². The third-order valence-electron chi connectivity index (χ3n) is 4.33. The molecule has 2 aromatic carbocycles. The van der Waals surface area contributed by atoms with Gasteiger partial charge < -0.3 is 9.47 Å².